The van der Waals surface area contributed by atoms with E-state index in [4.69, 9.17) is 10.6 Å². The number of nitrogens with two attached hydrogens (primary N) is 1. The van der Waals surface area contributed by atoms with Crippen LogP contribution in [0, 0.1) is 6.92 Å². The van der Waals surface area contributed by atoms with Gasteiger partial charge in [-0.15, -0.1) is 21.5 Å². The predicted octanol–water partition coefficient (Wildman–Crippen LogP) is 3.16. The van der Waals surface area contributed by atoms with E-state index >= 15 is 0 Å². The molecule has 1 amide bonds. The van der Waals surface area contributed by atoms with Gasteiger partial charge in [-0.2, -0.15) is 0 Å². The summed E-state index contributed by atoms with van der Waals surface area (Å²) >= 11 is 2.78. The van der Waals surface area contributed by atoms with Gasteiger partial charge in [0.25, 0.3) is 0 Å². The van der Waals surface area contributed by atoms with Gasteiger partial charge in [-0.25, -0.2) is 4.68 Å². The predicted molar refractivity (Wildman–Crippen MR) is 105 cm³/mol. The van der Waals surface area contributed by atoms with E-state index in [2.05, 4.69) is 15.5 Å². The van der Waals surface area contributed by atoms with Gasteiger partial charge in [0, 0.05) is 0 Å². The molecule has 0 aliphatic carbocycles. The summed E-state index contributed by atoms with van der Waals surface area (Å²) in [5.74, 6) is 7.11. The number of hydrogen-bond acceptors (Lipinski definition) is 7. The SMILES string of the molecule is COc1ccc(C)cc1NC(=O)C(C)Sc1nnc(-c2cccs2)n1N. The van der Waals surface area contributed by atoms with E-state index in [1.807, 2.05) is 42.6 Å². The van der Waals surface area contributed by atoms with Crippen molar-refractivity contribution in [1.82, 2.24) is 14.9 Å². The molecule has 1 atom stereocenters. The number of carbonyl (C=O) groups is 1. The van der Waals surface area contributed by atoms with E-state index in [-0.39, 0.29) is 5.91 Å². The molecule has 3 N–H and O–H groups in total. The van der Waals surface area contributed by atoms with E-state index in [0.717, 1.165) is 10.4 Å². The minimum absolute atomic E-state index is 0.167. The largest absolute Gasteiger partial charge is 0.495 e. The van der Waals surface area contributed by atoms with Crippen LogP contribution in [0.4, 0.5) is 5.69 Å². The third kappa shape index (κ3) is 3.83. The van der Waals surface area contributed by atoms with Crippen LogP contribution in [-0.4, -0.2) is 33.1 Å². The fourth-order valence-electron chi connectivity index (χ4n) is 2.30. The quantitative estimate of drug-likeness (QED) is 0.497. The number of rotatable bonds is 6. The van der Waals surface area contributed by atoms with Gasteiger partial charge in [-0.1, -0.05) is 23.9 Å². The molecule has 9 heteroatoms. The molecule has 7 nitrogen and oxygen atoms in total. The van der Waals surface area contributed by atoms with Crippen molar-refractivity contribution in [3.63, 3.8) is 0 Å². The molecule has 0 aliphatic rings. The van der Waals surface area contributed by atoms with E-state index < -0.39 is 5.25 Å². The van der Waals surface area contributed by atoms with E-state index in [9.17, 15) is 4.79 Å². The van der Waals surface area contributed by atoms with Crippen LogP contribution in [0.2, 0.25) is 0 Å². The van der Waals surface area contributed by atoms with Gasteiger partial charge in [0.1, 0.15) is 5.75 Å². The molecule has 26 heavy (non-hydrogen) atoms. The van der Waals surface area contributed by atoms with Crippen molar-refractivity contribution < 1.29 is 9.53 Å². The standard InChI is InChI=1S/C17H19N5O2S2/c1-10-6-7-13(24-3)12(9-10)19-16(23)11(2)26-17-21-20-15(22(17)18)14-5-4-8-25-14/h4-9,11H,18H2,1-3H3,(H,19,23). The number of amides is 1. The molecule has 3 rings (SSSR count). The van der Waals surface area contributed by atoms with E-state index in [1.54, 1.807) is 14.0 Å². The fraction of sp³-hybridized carbons (Fsp3) is 0.235. The highest BCUT2D eigenvalue weighted by atomic mass is 32.2. The number of thiophene rings is 1. The van der Waals surface area contributed by atoms with Crippen molar-refractivity contribution in [3.05, 3.63) is 41.3 Å². The van der Waals surface area contributed by atoms with Gasteiger partial charge in [0.2, 0.25) is 11.1 Å². The molecule has 0 radical (unpaired) electrons. The molecule has 0 aliphatic heterocycles. The summed E-state index contributed by atoms with van der Waals surface area (Å²) in [7, 11) is 1.57. The molecule has 2 aromatic heterocycles. The first kappa shape index (κ1) is 18.3. The van der Waals surface area contributed by atoms with Crippen LogP contribution in [0.1, 0.15) is 12.5 Å². The summed E-state index contributed by atoms with van der Waals surface area (Å²) in [6.07, 6.45) is 0. The second kappa shape index (κ2) is 7.79. The van der Waals surface area contributed by atoms with Crippen molar-refractivity contribution in [2.45, 2.75) is 24.3 Å². The number of nitrogen functional groups attached to an aromatic ring is 1. The van der Waals surface area contributed by atoms with Crippen LogP contribution in [0.5, 0.6) is 5.75 Å². The summed E-state index contributed by atoms with van der Waals surface area (Å²) in [4.78, 5) is 13.5. The molecule has 0 fully saturated rings. The number of methoxy groups -OCH3 is 1. The Labute approximate surface area is 159 Å². The zero-order valence-corrected chi connectivity index (χ0v) is 16.2. The first-order valence-corrected chi connectivity index (χ1v) is 9.62. The molecular weight excluding hydrogens is 370 g/mol. The Hall–Kier alpha value is -2.52. The number of aromatic nitrogens is 3. The molecular formula is C17H19N5O2S2. The lowest BCUT2D eigenvalue weighted by atomic mass is 10.2. The van der Waals surface area contributed by atoms with Crippen LogP contribution < -0.4 is 15.9 Å². The lowest BCUT2D eigenvalue weighted by Gasteiger charge is -2.14. The molecule has 136 valence electrons. The lowest BCUT2D eigenvalue weighted by molar-refractivity contribution is -0.115. The number of nitrogens with zero attached hydrogens (tertiary/aromatic N) is 3. The number of aryl methyl sites for hydroxylation is 1. The summed E-state index contributed by atoms with van der Waals surface area (Å²) in [6, 6.07) is 9.47. The Morgan fingerprint density at radius 3 is 2.88 bits per heavy atom. The molecule has 1 unspecified atom stereocenters. The Morgan fingerprint density at radius 1 is 1.38 bits per heavy atom. The number of carbonyl (C=O) groups excluding carboxylic acids is 1. The van der Waals surface area contributed by atoms with Crippen LogP contribution in [-0.2, 0) is 4.79 Å². The highest BCUT2D eigenvalue weighted by molar-refractivity contribution is 8.00. The Morgan fingerprint density at radius 2 is 2.19 bits per heavy atom. The first-order chi connectivity index (χ1) is 12.5. The maximum absolute atomic E-state index is 12.6. The molecule has 0 spiro atoms. The van der Waals surface area contributed by atoms with Crippen molar-refractivity contribution in [3.8, 4) is 16.5 Å². The Kier molecular flexibility index (Phi) is 5.48. The number of hydrogen-bond donors (Lipinski definition) is 2. The summed E-state index contributed by atoms with van der Waals surface area (Å²) in [5, 5.41) is 13.1. The van der Waals surface area contributed by atoms with Crippen LogP contribution in [0.25, 0.3) is 10.7 Å². The molecule has 1 aromatic carbocycles. The summed E-state index contributed by atoms with van der Waals surface area (Å²) in [5.41, 5.74) is 1.67. The Balaban J connectivity index is 1.71. The molecule has 0 saturated heterocycles. The van der Waals surface area contributed by atoms with E-state index in [0.29, 0.717) is 22.4 Å². The highest BCUT2D eigenvalue weighted by Gasteiger charge is 2.21. The number of nitrogens with one attached hydrogen (secondary N) is 1. The average Bonchev–Trinajstić information content (AvgIpc) is 3.25. The number of ether oxygens (including phenoxy) is 1. The third-order valence-corrected chi connectivity index (χ3v) is 5.59. The second-order valence-electron chi connectivity index (χ2n) is 5.61. The number of anilines is 1. The van der Waals surface area contributed by atoms with Crippen LogP contribution in [0.15, 0.2) is 40.9 Å². The van der Waals surface area contributed by atoms with Gasteiger partial charge in [-0.05, 0) is 43.0 Å². The molecule has 0 bridgehead atoms. The van der Waals surface area contributed by atoms with Crippen molar-refractivity contribution in [1.29, 1.82) is 0 Å². The molecule has 0 saturated carbocycles. The topological polar surface area (TPSA) is 95.1 Å². The zero-order chi connectivity index (χ0) is 18.7. The van der Waals surface area contributed by atoms with Crippen molar-refractivity contribution in [2.75, 3.05) is 18.3 Å². The third-order valence-electron chi connectivity index (χ3n) is 3.67. The van der Waals surface area contributed by atoms with Crippen molar-refractivity contribution in [2.24, 2.45) is 0 Å². The van der Waals surface area contributed by atoms with Crippen molar-refractivity contribution >= 4 is 34.7 Å². The van der Waals surface area contributed by atoms with Crippen LogP contribution >= 0.6 is 23.1 Å². The van der Waals surface area contributed by atoms with Gasteiger partial charge in [-0.3, -0.25) is 4.79 Å². The zero-order valence-electron chi connectivity index (χ0n) is 14.6. The van der Waals surface area contributed by atoms with Gasteiger partial charge in [0.15, 0.2) is 5.82 Å². The molecule has 3 aromatic rings. The maximum atomic E-state index is 12.6. The Bertz CT molecular complexity index is 908. The van der Waals surface area contributed by atoms with E-state index in [1.165, 1.54) is 27.8 Å². The van der Waals surface area contributed by atoms with Gasteiger partial charge < -0.3 is 15.9 Å². The normalized spacial score (nSPS) is 12.0. The maximum Gasteiger partial charge on any atom is 0.237 e. The first-order valence-electron chi connectivity index (χ1n) is 7.86. The average molecular weight is 390 g/mol. The second-order valence-corrected chi connectivity index (χ2v) is 7.86. The smallest absolute Gasteiger partial charge is 0.237 e. The lowest BCUT2D eigenvalue weighted by Crippen LogP contribution is -2.24. The minimum Gasteiger partial charge on any atom is -0.495 e. The summed E-state index contributed by atoms with van der Waals surface area (Å²) in [6.45, 7) is 3.75. The molecule has 2 heterocycles. The van der Waals surface area contributed by atoms with Gasteiger partial charge >= 0.3 is 0 Å². The summed E-state index contributed by atoms with van der Waals surface area (Å²) < 4.78 is 6.71. The highest BCUT2D eigenvalue weighted by Crippen LogP contribution is 2.29. The van der Waals surface area contributed by atoms with Crippen LogP contribution in [0.3, 0.4) is 0 Å². The monoisotopic (exact) mass is 389 g/mol. The number of thioether (sulfide) groups is 1. The van der Waals surface area contributed by atoms with Gasteiger partial charge in [0.05, 0.1) is 22.9 Å². The minimum atomic E-state index is -0.414. The fourth-order valence-corrected chi connectivity index (χ4v) is 3.77. The number of benzene rings is 1.